The van der Waals surface area contributed by atoms with Crippen molar-refractivity contribution in [2.75, 3.05) is 13.1 Å². The van der Waals surface area contributed by atoms with Crippen molar-refractivity contribution in [3.63, 3.8) is 0 Å². The summed E-state index contributed by atoms with van der Waals surface area (Å²) in [5, 5.41) is 8.82. The summed E-state index contributed by atoms with van der Waals surface area (Å²) in [4.78, 5) is 13.1. The van der Waals surface area contributed by atoms with Crippen LogP contribution < -0.4 is 0 Å². The first-order valence-electron chi connectivity index (χ1n) is 5.72. The van der Waals surface area contributed by atoms with Crippen LogP contribution in [0.3, 0.4) is 0 Å². The Morgan fingerprint density at radius 3 is 2.59 bits per heavy atom. The van der Waals surface area contributed by atoms with E-state index in [-0.39, 0.29) is 18.2 Å². The van der Waals surface area contributed by atoms with Crippen molar-refractivity contribution in [1.82, 2.24) is 4.90 Å². The van der Waals surface area contributed by atoms with Gasteiger partial charge < -0.3 is 9.52 Å². The van der Waals surface area contributed by atoms with Gasteiger partial charge in [0.1, 0.15) is 5.76 Å². The Hall–Kier alpha value is -1.00. The number of aryl methyl sites for hydroxylation is 1. The highest BCUT2D eigenvalue weighted by molar-refractivity contribution is 5.85. The van der Waals surface area contributed by atoms with Crippen molar-refractivity contribution in [1.29, 1.82) is 0 Å². The molecule has 96 valence electrons. The second-order valence-electron chi connectivity index (χ2n) is 4.33. The van der Waals surface area contributed by atoms with Crippen LogP contribution in [-0.4, -0.2) is 29.1 Å². The quantitative estimate of drug-likeness (QED) is 0.907. The van der Waals surface area contributed by atoms with Gasteiger partial charge in [-0.15, -0.1) is 12.4 Å². The molecule has 0 spiro atoms. The fourth-order valence-electron chi connectivity index (χ4n) is 2.14. The van der Waals surface area contributed by atoms with Crippen molar-refractivity contribution in [3.05, 3.63) is 23.2 Å². The lowest BCUT2D eigenvalue weighted by molar-refractivity contribution is 0.0661. The van der Waals surface area contributed by atoms with Gasteiger partial charge in [-0.05, 0) is 38.9 Å². The molecule has 0 radical (unpaired) electrons. The molecule has 5 heteroatoms. The molecular weight excluding hydrogens is 242 g/mol. The van der Waals surface area contributed by atoms with Gasteiger partial charge in [-0.1, -0.05) is 6.42 Å². The Labute approximate surface area is 107 Å². The van der Waals surface area contributed by atoms with Crippen LogP contribution in [0, 0.1) is 6.92 Å². The zero-order valence-corrected chi connectivity index (χ0v) is 10.8. The first-order chi connectivity index (χ1) is 7.66. The molecule has 2 heterocycles. The molecule has 2 rings (SSSR count). The number of furan rings is 1. The van der Waals surface area contributed by atoms with E-state index in [1.54, 1.807) is 6.07 Å². The molecule has 0 saturated carbocycles. The number of rotatable bonds is 3. The lowest BCUT2D eigenvalue weighted by Crippen LogP contribution is -2.29. The van der Waals surface area contributed by atoms with Gasteiger partial charge in [-0.3, -0.25) is 4.90 Å². The zero-order chi connectivity index (χ0) is 11.5. The van der Waals surface area contributed by atoms with Crippen LogP contribution in [-0.2, 0) is 6.54 Å². The summed E-state index contributed by atoms with van der Waals surface area (Å²) < 4.78 is 5.19. The molecule has 0 unspecified atom stereocenters. The van der Waals surface area contributed by atoms with Crippen LogP contribution in [0.4, 0.5) is 0 Å². The summed E-state index contributed by atoms with van der Waals surface area (Å²) in [5.74, 6) is -0.222. The molecule has 0 amide bonds. The first-order valence-corrected chi connectivity index (χ1v) is 5.72. The third-order valence-corrected chi connectivity index (χ3v) is 3.07. The second kappa shape index (κ2) is 6.07. The number of carboxylic acid groups (broad SMARTS) is 1. The molecule has 17 heavy (non-hydrogen) atoms. The highest BCUT2D eigenvalue weighted by Crippen LogP contribution is 2.19. The number of carboxylic acids is 1. The monoisotopic (exact) mass is 259 g/mol. The molecule has 0 aromatic carbocycles. The smallest absolute Gasteiger partial charge is 0.371 e. The lowest BCUT2D eigenvalue weighted by atomic mass is 10.1. The van der Waals surface area contributed by atoms with Gasteiger partial charge >= 0.3 is 5.97 Å². The third-order valence-electron chi connectivity index (χ3n) is 3.07. The van der Waals surface area contributed by atoms with Gasteiger partial charge in [0, 0.05) is 12.1 Å². The molecule has 1 aromatic rings. The average Bonchev–Trinajstić information content (AvgIpc) is 2.62. The first kappa shape index (κ1) is 14.1. The van der Waals surface area contributed by atoms with Crippen LogP contribution in [0.25, 0.3) is 0 Å². The number of hydrogen-bond acceptors (Lipinski definition) is 3. The Morgan fingerprint density at radius 1 is 1.41 bits per heavy atom. The van der Waals surface area contributed by atoms with E-state index in [0.717, 1.165) is 31.0 Å². The van der Waals surface area contributed by atoms with Gasteiger partial charge in [-0.2, -0.15) is 0 Å². The maximum Gasteiger partial charge on any atom is 0.371 e. The van der Waals surface area contributed by atoms with Crippen molar-refractivity contribution in [2.45, 2.75) is 32.7 Å². The lowest BCUT2D eigenvalue weighted by Gasteiger charge is -2.25. The highest BCUT2D eigenvalue weighted by atomic mass is 35.5. The number of aromatic carboxylic acids is 1. The Bertz CT molecular complexity index is 383. The van der Waals surface area contributed by atoms with E-state index in [1.165, 1.54) is 19.3 Å². The molecule has 1 fully saturated rings. The second-order valence-corrected chi connectivity index (χ2v) is 4.33. The van der Waals surface area contributed by atoms with Crippen LogP contribution in [0.2, 0.25) is 0 Å². The Kier molecular flexibility index (Phi) is 5.02. The van der Waals surface area contributed by atoms with E-state index in [9.17, 15) is 4.79 Å². The summed E-state index contributed by atoms with van der Waals surface area (Å²) in [7, 11) is 0. The standard InChI is InChI=1S/C12H17NO3.ClH/c1-9-10(7-11(16-9)12(14)15)8-13-5-3-2-4-6-13;/h7H,2-6,8H2,1H3,(H,14,15);1H. The van der Waals surface area contributed by atoms with E-state index >= 15 is 0 Å². The van der Waals surface area contributed by atoms with E-state index in [0.29, 0.717) is 0 Å². The molecule has 1 aliphatic heterocycles. The number of hydrogen-bond donors (Lipinski definition) is 1. The van der Waals surface area contributed by atoms with E-state index in [4.69, 9.17) is 9.52 Å². The van der Waals surface area contributed by atoms with Crippen molar-refractivity contribution in [3.8, 4) is 0 Å². The summed E-state index contributed by atoms with van der Waals surface area (Å²) >= 11 is 0. The molecule has 0 aliphatic carbocycles. The normalized spacial score (nSPS) is 16.5. The Balaban J connectivity index is 0.00000144. The van der Waals surface area contributed by atoms with Crippen molar-refractivity contribution < 1.29 is 14.3 Å². The number of likely N-dealkylation sites (tertiary alicyclic amines) is 1. The molecule has 1 aliphatic rings. The Morgan fingerprint density at radius 2 is 2.06 bits per heavy atom. The predicted octanol–water partition coefficient (Wildman–Crippen LogP) is 2.69. The fourth-order valence-corrected chi connectivity index (χ4v) is 2.14. The summed E-state index contributed by atoms with van der Waals surface area (Å²) in [5.41, 5.74) is 0.999. The predicted molar refractivity (Wildman–Crippen MR) is 66.8 cm³/mol. The van der Waals surface area contributed by atoms with E-state index < -0.39 is 5.97 Å². The minimum absolute atomic E-state index is 0. The number of carbonyl (C=O) groups is 1. The molecule has 1 N–H and O–H groups in total. The van der Waals surface area contributed by atoms with Gasteiger partial charge in [0.25, 0.3) is 0 Å². The van der Waals surface area contributed by atoms with Crippen molar-refractivity contribution >= 4 is 18.4 Å². The zero-order valence-electron chi connectivity index (χ0n) is 9.94. The van der Waals surface area contributed by atoms with Crippen molar-refractivity contribution in [2.24, 2.45) is 0 Å². The highest BCUT2D eigenvalue weighted by Gasteiger charge is 2.16. The van der Waals surface area contributed by atoms with Gasteiger partial charge in [0.05, 0.1) is 0 Å². The van der Waals surface area contributed by atoms with Gasteiger partial charge in [-0.25, -0.2) is 4.79 Å². The van der Waals surface area contributed by atoms with Gasteiger partial charge in [0.2, 0.25) is 5.76 Å². The number of halogens is 1. The molecule has 0 atom stereocenters. The molecule has 1 saturated heterocycles. The molecule has 4 nitrogen and oxygen atoms in total. The SMILES string of the molecule is Cc1oc(C(=O)O)cc1CN1CCCCC1.Cl. The van der Waals surface area contributed by atoms with E-state index in [2.05, 4.69) is 4.90 Å². The van der Waals surface area contributed by atoms with Crippen LogP contribution in [0.5, 0.6) is 0 Å². The maximum atomic E-state index is 10.8. The average molecular weight is 260 g/mol. The maximum absolute atomic E-state index is 10.8. The summed E-state index contributed by atoms with van der Waals surface area (Å²) in [6.07, 6.45) is 3.78. The van der Waals surface area contributed by atoms with Crippen LogP contribution >= 0.6 is 12.4 Å². The third kappa shape index (κ3) is 3.48. The topological polar surface area (TPSA) is 53.7 Å². The van der Waals surface area contributed by atoms with Gasteiger partial charge in [0.15, 0.2) is 0 Å². The van der Waals surface area contributed by atoms with Crippen LogP contribution in [0.1, 0.15) is 41.1 Å². The summed E-state index contributed by atoms with van der Waals surface area (Å²) in [6, 6.07) is 1.65. The largest absolute Gasteiger partial charge is 0.475 e. The summed E-state index contributed by atoms with van der Waals surface area (Å²) in [6.45, 7) is 4.84. The number of piperidine rings is 1. The fraction of sp³-hybridized carbons (Fsp3) is 0.583. The number of nitrogens with zero attached hydrogens (tertiary/aromatic N) is 1. The molecule has 0 bridgehead atoms. The van der Waals surface area contributed by atoms with E-state index in [1.807, 2.05) is 6.92 Å². The molecular formula is C12H18ClNO3. The minimum atomic E-state index is -0.993. The van der Waals surface area contributed by atoms with Crippen LogP contribution in [0.15, 0.2) is 10.5 Å². The molecule has 1 aromatic heterocycles. The minimum Gasteiger partial charge on any atom is -0.475 e.